The third kappa shape index (κ3) is 1.91. The summed E-state index contributed by atoms with van der Waals surface area (Å²) in [4.78, 5) is 0. The molecule has 0 saturated carbocycles. The lowest BCUT2D eigenvalue weighted by atomic mass is 10.00. The number of hydrogen-bond acceptors (Lipinski definition) is 2. The third-order valence-electron chi connectivity index (χ3n) is 2.40. The predicted octanol–water partition coefficient (Wildman–Crippen LogP) is 2.30. The van der Waals surface area contributed by atoms with Crippen LogP contribution in [0, 0.1) is 0 Å². The molecule has 0 bridgehead atoms. The van der Waals surface area contributed by atoms with Crippen LogP contribution in [-0.4, -0.2) is 13.1 Å². The molecule has 2 rings (SSSR count). The summed E-state index contributed by atoms with van der Waals surface area (Å²) in [6, 6.07) is 5.69. The molecule has 3 heteroatoms. The smallest absolute Gasteiger partial charge is 0.0501 e. The van der Waals surface area contributed by atoms with E-state index in [9.17, 15) is 0 Å². The van der Waals surface area contributed by atoms with Crippen LogP contribution in [0.3, 0.4) is 0 Å². The van der Waals surface area contributed by atoms with E-state index in [1.165, 1.54) is 5.57 Å². The molecular formula is C11H13ClN2. The maximum absolute atomic E-state index is 6.12. The normalized spacial score (nSPS) is 16.5. The summed E-state index contributed by atoms with van der Waals surface area (Å²) in [5.41, 5.74) is 8.78. The van der Waals surface area contributed by atoms with E-state index < -0.39 is 0 Å². The van der Waals surface area contributed by atoms with E-state index in [0.29, 0.717) is 5.69 Å². The lowest BCUT2D eigenvalue weighted by molar-refractivity contribution is 0.738. The molecule has 1 aliphatic rings. The van der Waals surface area contributed by atoms with E-state index in [-0.39, 0.29) is 0 Å². The minimum absolute atomic E-state index is 0.716. The van der Waals surface area contributed by atoms with Gasteiger partial charge >= 0.3 is 0 Å². The highest BCUT2D eigenvalue weighted by atomic mass is 35.5. The number of nitrogens with two attached hydrogens (primary N) is 1. The van der Waals surface area contributed by atoms with Gasteiger partial charge in [-0.1, -0.05) is 23.7 Å². The van der Waals surface area contributed by atoms with Gasteiger partial charge in [0.1, 0.15) is 0 Å². The standard InChI is InChI=1S/C11H13ClN2/c12-11-7-9(13)1-2-10(11)8-3-5-14-6-4-8/h1-3,7,14H,4-6,13H2. The zero-order valence-electron chi connectivity index (χ0n) is 7.89. The minimum Gasteiger partial charge on any atom is -0.399 e. The van der Waals surface area contributed by atoms with E-state index in [2.05, 4.69) is 11.4 Å². The predicted molar refractivity (Wildman–Crippen MR) is 61.3 cm³/mol. The Hall–Kier alpha value is -0.990. The fraction of sp³-hybridized carbons (Fsp3) is 0.273. The summed E-state index contributed by atoms with van der Waals surface area (Å²) < 4.78 is 0. The van der Waals surface area contributed by atoms with Crippen molar-refractivity contribution in [3.05, 3.63) is 34.9 Å². The molecule has 1 heterocycles. The molecule has 0 saturated heterocycles. The largest absolute Gasteiger partial charge is 0.399 e. The zero-order valence-corrected chi connectivity index (χ0v) is 8.64. The molecule has 1 aliphatic heterocycles. The van der Waals surface area contributed by atoms with Gasteiger partial charge in [-0.15, -0.1) is 0 Å². The Balaban J connectivity index is 2.35. The topological polar surface area (TPSA) is 38.0 Å². The highest BCUT2D eigenvalue weighted by Crippen LogP contribution is 2.28. The second-order valence-corrected chi connectivity index (χ2v) is 3.83. The Morgan fingerprint density at radius 3 is 2.86 bits per heavy atom. The van der Waals surface area contributed by atoms with Crippen molar-refractivity contribution in [1.29, 1.82) is 0 Å². The van der Waals surface area contributed by atoms with Crippen molar-refractivity contribution in [3.63, 3.8) is 0 Å². The van der Waals surface area contributed by atoms with Gasteiger partial charge in [-0.05, 0) is 36.2 Å². The van der Waals surface area contributed by atoms with Gasteiger partial charge in [0.05, 0.1) is 5.02 Å². The number of halogens is 1. The van der Waals surface area contributed by atoms with Crippen molar-refractivity contribution in [1.82, 2.24) is 5.32 Å². The monoisotopic (exact) mass is 208 g/mol. The lowest BCUT2D eigenvalue weighted by Gasteiger charge is -2.15. The fourth-order valence-electron chi connectivity index (χ4n) is 1.66. The Labute approximate surface area is 88.8 Å². The van der Waals surface area contributed by atoms with Crippen LogP contribution in [0.25, 0.3) is 5.57 Å². The number of anilines is 1. The minimum atomic E-state index is 0.716. The maximum atomic E-state index is 6.12. The molecule has 0 fully saturated rings. The lowest BCUT2D eigenvalue weighted by Crippen LogP contribution is -2.20. The zero-order chi connectivity index (χ0) is 9.97. The van der Waals surface area contributed by atoms with Crippen molar-refractivity contribution in [2.45, 2.75) is 6.42 Å². The molecule has 0 atom stereocenters. The quantitative estimate of drug-likeness (QED) is 0.696. The molecule has 0 aliphatic carbocycles. The van der Waals surface area contributed by atoms with Gasteiger partial charge in [0.2, 0.25) is 0 Å². The van der Waals surface area contributed by atoms with Crippen LogP contribution in [0.2, 0.25) is 5.02 Å². The first kappa shape index (κ1) is 9.56. The molecule has 0 amide bonds. The van der Waals surface area contributed by atoms with Gasteiger partial charge in [-0.25, -0.2) is 0 Å². The molecule has 1 aromatic rings. The third-order valence-corrected chi connectivity index (χ3v) is 2.72. The number of benzene rings is 1. The molecule has 0 spiro atoms. The van der Waals surface area contributed by atoms with Gasteiger partial charge in [-0.2, -0.15) is 0 Å². The van der Waals surface area contributed by atoms with E-state index in [1.807, 2.05) is 12.1 Å². The second kappa shape index (κ2) is 4.03. The van der Waals surface area contributed by atoms with Crippen LogP contribution in [0.15, 0.2) is 24.3 Å². The molecule has 0 radical (unpaired) electrons. The Kier molecular flexibility index (Phi) is 2.75. The molecule has 2 nitrogen and oxygen atoms in total. The molecule has 0 unspecified atom stereocenters. The summed E-state index contributed by atoms with van der Waals surface area (Å²) in [5.74, 6) is 0. The first-order valence-corrected chi connectivity index (χ1v) is 5.10. The molecular weight excluding hydrogens is 196 g/mol. The second-order valence-electron chi connectivity index (χ2n) is 3.42. The fourth-order valence-corrected chi connectivity index (χ4v) is 1.97. The van der Waals surface area contributed by atoms with Gasteiger partial charge in [-0.3, -0.25) is 0 Å². The summed E-state index contributed by atoms with van der Waals surface area (Å²) in [5, 5.41) is 4.02. The first-order valence-electron chi connectivity index (χ1n) is 4.72. The summed E-state index contributed by atoms with van der Waals surface area (Å²) in [6.45, 7) is 1.95. The average molecular weight is 209 g/mol. The molecule has 14 heavy (non-hydrogen) atoms. The Morgan fingerprint density at radius 1 is 1.36 bits per heavy atom. The van der Waals surface area contributed by atoms with Crippen molar-refractivity contribution in [3.8, 4) is 0 Å². The van der Waals surface area contributed by atoms with Crippen LogP contribution in [0.5, 0.6) is 0 Å². The Morgan fingerprint density at radius 2 is 2.21 bits per heavy atom. The van der Waals surface area contributed by atoms with Gasteiger partial charge in [0, 0.05) is 12.2 Å². The maximum Gasteiger partial charge on any atom is 0.0501 e. The van der Waals surface area contributed by atoms with E-state index >= 15 is 0 Å². The van der Waals surface area contributed by atoms with Crippen LogP contribution in [0.1, 0.15) is 12.0 Å². The van der Waals surface area contributed by atoms with Crippen molar-refractivity contribution >= 4 is 22.9 Å². The van der Waals surface area contributed by atoms with Crippen LogP contribution >= 0.6 is 11.6 Å². The molecule has 3 N–H and O–H groups in total. The van der Waals surface area contributed by atoms with E-state index in [0.717, 1.165) is 30.1 Å². The van der Waals surface area contributed by atoms with Gasteiger partial charge in [0.15, 0.2) is 0 Å². The number of hydrogen-bond donors (Lipinski definition) is 2. The van der Waals surface area contributed by atoms with Crippen molar-refractivity contribution in [2.24, 2.45) is 0 Å². The highest BCUT2D eigenvalue weighted by Gasteiger charge is 2.08. The van der Waals surface area contributed by atoms with Crippen LogP contribution < -0.4 is 11.1 Å². The van der Waals surface area contributed by atoms with Crippen LogP contribution in [-0.2, 0) is 0 Å². The average Bonchev–Trinajstić information content (AvgIpc) is 2.19. The van der Waals surface area contributed by atoms with Gasteiger partial charge < -0.3 is 11.1 Å². The van der Waals surface area contributed by atoms with E-state index in [4.69, 9.17) is 17.3 Å². The molecule has 74 valence electrons. The van der Waals surface area contributed by atoms with E-state index in [1.54, 1.807) is 6.07 Å². The van der Waals surface area contributed by atoms with Crippen molar-refractivity contribution < 1.29 is 0 Å². The van der Waals surface area contributed by atoms with Gasteiger partial charge in [0.25, 0.3) is 0 Å². The number of nitrogens with one attached hydrogen (secondary N) is 1. The number of rotatable bonds is 1. The van der Waals surface area contributed by atoms with Crippen molar-refractivity contribution in [2.75, 3.05) is 18.8 Å². The number of nitrogen functional groups attached to an aromatic ring is 1. The van der Waals surface area contributed by atoms with Crippen LogP contribution in [0.4, 0.5) is 5.69 Å². The Bertz CT molecular complexity index is 372. The summed E-state index contributed by atoms with van der Waals surface area (Å²) in [6.07, 6.45) is 3.21. The SMILES string of the molecule is Nc1ccc(C2=CCNCC2)c(Cl)c1. The highest BCUT2D eigenvalue weighted by molar-refractivity contribution is 6.32. The molecule has 0 aromatic heterocycles. The summed E-state index contributed by atoms with van der Waals surface area (Å²) >= 11 is 6.12. The summed E-state index contributed by atoms with van der Waals surface area (Å²) in [7, 11) is 0. The molecule has 1 aromatic carbocycles. The first-order chi connectivity index (χ1) is 6.77.